The van der Waals surface area contributed by atoms with Gasteiger partial charge in [0.25, 0.3) is 5.89 Å². The highest BCUT2D eigenvalue weighted by atomic mass is 79.9. The zero-order valence-corrected chi connectivity index (χ0v) is 13.8. The second-order valence-corrected chi connectivity index (χ2v) is 5.74. The van der Waals surface area contributed by atoms with Crippen molar-refractivity contribution >= 4 is 39.1 Å². The van der Waals surface area contributed by atoms with Crippen LogP contribution in [0.4, 0.5) is 0 Å². The van der Waals surface area contributed by atoms with Crippen molar-refractivity contribution in [2.75, 3.05) is 0 Å². The minimum Gasteiger partial charge on any atom is -0.334 e. The minimum absolute atomic E-state index is 0.441. The molecule has 0 saturated heterocycles. The van der Waals surface area contributed by atoms with Gasteiger partial charge in [-0.25, -0.2) is 0 Å². The fourth-order valence-corrected chi connectivity index (χ4v) is 2.94. The topological polar surface area (TPSA) is 38.9 Å². The molecule has 0 amide bonds. The summed E-state index contributed by atoms with van der Waals surface area (Å²) in [5, 5.41) is 5.77. The summed E-state index contributed by atoms with van der Waals surface area (Å²) in [6.07, 6.45) is 0. The van der Waals surface area contributed by atoms with Gasteiger partial charge in [-0.3, -0.25) is 0 Å². The zero-order chi connectivity index (χ0) is 14.8. The van der Waals surface area contributed by atoms with Gasteiger partial charge in [0.1, 0.15) is 0 Å². The highest BCUT2D eigenvalue weighted by Gasteiger charge is 2.15. The average Bonchev–Trinajstić information content (AvgIpc) is 2.96. The number of hydrogen-bond acceptors (Lipinski definition) is 3. The van der Waals surface area contributed by atoms with Gasteiger partial charge in [-0.2, -0.15) is 4.98 Å². The Labute approximate surface area is 140 Å². The van der Waals surface area contributed by atoms with Crippen LogP contribution >= 0.6 is 39.1 Å². The first-order valence-corrected chi connectivity index (χ1v) is 8.00. The highest BCUT2D eigenvalue weighted by molar-refractivity contribution is 9.08. The van der Waals surface area contributed by atoms with E-state index in [4.69, 9.17) is 27.7 Å². The van der Waals surface area contributed by atoms with Crippen molar-refractivity contribution < 1.29 is 4.52 Å². The molecule has 3 rings (SSSR count). The van der Waals surface area contributed by atoms with E-state index in [-0.39, 0.29) is 0 Å². The third-order valence-electron chi connectivity index (χ3n) is 2.99. The lowest BCUT2D eigenvalue weighted by atomic mass is 10.1. The molecule has 0 N–H and O–H groups in total. The van der Waals surface area contributed by atoms with E-state index in [0.717, 1.165) is 11.1 Å². The van der Waals surface area contributed by atoms with Crippen LogP contribution in [0, 0.1) is 0 Å². The van der Waals surface area contributed by atoms with Gasteiger partial charge in [-0.05, 0) is 29.8 Å². The molecule has 2 aromatic carbocycles. The van der Waals surface area contributed by atoms with Gasteiger partial charge in [0.05, 0.1) is 5.02 Å². The fraction of sp³-hybridized carbons (Fsp3) is 0.0667. The van der Waals surface area contributed by atoms with Gasteiger partial charge >= 0.3 is 0 Å². The maximum atomic E-state index is 6.16. The van der Waals surface area contributed by atoms with E-state index in [2.05, 4.69) is 26.1 Å². The number of aromatic nitrogens is 2. The standard InChI is InChI=1S/C15H9BrCl2N2O/c16-8-9-3-1-2-4-11(9)15-19-14(20-21-15)12-6-5-10(17)7-13(12)18/h1-7H,8H2. The lowest BCUT2D eigenvalue weighted by Crippen LogP contribution is -1.86. The molecule has 0 spiro atoms. The lowest BCUT2D eigenvalue weighted by molar-refractivity contribution is 0.432. The van der Waals surface area contributed by atoms with Crippen LogP contribution < -0.4 is 0 Å². The molecule has 21 heavy (non-hydrogen) atoms. The van der Waals surface area contributed by atoms with E-state index >= 15 is 0 Å². The van der Waals surface area contributed by atoms with Gasteiger partial charge in [-0.15, -0.1) is 0 Å². The van der Waals surface area contributed by atoms with Gasteiger partial charge in [0.2, 0.25) is 5.82 Å². The Balaban J connectivity index is 2.04. The normalized spacial score (nSPS) is 10.8. The Kier molecular flexibility index (Phi) is 4.29. The first kappa shape index (κ1) is 14.6. The Bertz CT molecular complexity index is 789. The third-order valence-corrected chi connectivity index (χ3v) is 4.14. The molecule has 3 aromatic rings. The van der Waals surface area contributed by atoms with Gasteiger partial charge in [0.15, 0.2) is 0 Å². The van der Waals surface area contributed by atoms with E-state index in [1.54, 1.807) is 18.2 Å². The molecule has 0 atom stereocenters. The lowest BCUT2D eigenvalue weighted by Gasteiger charge is -2.01. The van der Waals surface area contributed by atoms with Crippen LogP contribution in [-0.4, -0.2) is 10.1 Å². The summed E-state index contributed by atoms with van der Waals surface area (Å²) in [4.78, 5) is 4.42. The summed E-state index contributed by atoms with van der Waals surface area (Å²) in [6, 6.07) is 13.0. The molecule has 0 saturated carbocycles. The summed E-state index contributed by atoms with van der Waals surface area (Å²) in [5.74, 6) is 0.905. The molecule has 0 fully saturated rings. The van der Waals surface area contributed by atoms with Crippen LogP contribution in [0.15, 0.2) is 47.0 Å². The van der Waals surface area contributed by atoms with Crippen molar-refractivity contribution in [3.63, 3.8) is 0 Å². The minimum atomic E-state index is 0.441. The zero-order valence-electron chi connectivity index (χ0n) is 10.7. The second-order valence-electron chi connectivity index (χ2n) is 4.34. The maximum absolute atomic E-state index is 6.16. The first-order valence-electron chi connectivity index (χ1n) is 6.12. The molecule has 6 heteroatoms. The molecular formula is C15H9BrCl2N2O. The van der Waals surface area contributed by atoms with Crippen molar-refractivity contribution in [1.82, 2.24) is 10.1 Å². The monoisotopic (exact) mass is 382 g/mol. The summed E-state index contributed by atoms with van der Waals surface area (Å²) >= 11 is 15.5. The molecular weight excluding hydrogens is 375 g/mol. The fourth-order valence-electron chi connectivity index (χ4n) is 1.96. The van der Waals surface area contributed by atoms with E-state index < -0.39 is 0 Å². The molecule has 3 nitrogen and oxygen atoms in total. The van der Waals surface area contributed by atoms with Crippen molar-refractivity contribution in [3.05, 3.63) is 58.1 Å². The van der Waals surface area contributed by atoms with Crippen molar-refractivity contribution in [3.8, 4) is 22.8 Å². The maximum Gasteiger partial charge on any atom is 0.258 e. The quantitative estimate of drug-likeness (QED) is 0.552. The predicted octanol–water partition coefficient (Wildman–Crippen LogP) is 5.61. The molecule has 1 aromatic heterocycles. The van der Waals surface area contributed by atoms with Crippen LogP contribution in [-0.2, 0) is 5.33 Å². The molecule has 0 bridgehead atoms. The Morgan fingerprint density at radius 1 is 1.05 bits per heavy atom. The number of benzene rings is 2. The van der Waals surface area contributed by atoms with E-state index in [1.165, 1.54) is 0 Å². The number of halogens is 3. The molecule has 0 radical (unpaired) electrons. The highest BCUT2D eigenvalue weighted by Crippen LogP contribution is 2.31. The van der Waals surface area contributed by atoms with Crippen LogP contribution in [0.3, 0.4) is 0 Å². The summed E-state index contributed by atoms with van der Waals surface area (Å²) in [6.45, 7) is 0. The van der Waals surface area contributed by atoms with E-state index in [1.807, 2.05) is 24.3 Å². The summed E-state index contributed by atoms with van der Waals surface area (Å²) in [5.41, 5.74) is 2.67. The number of alkyl halides is 1. The van der Waals surface area contributed by atoms with E-state index in [0.29, 0.717) is 32.7 Å². The number of nitrogens with zero attached hydrogens (tertiary/aromatic N) is 2. The Morgan fingerprint density at radius 2 is 1.86 bits per heavy atom. The van der Waals surface area contributed by atoms with Crippen molar-refractivity contribution in [1.29, 1.82) is 0 Å². The first-order chi connectivity index (χ1) is 10.2. The summed E-state index contributed by atoms with van der Waals surface area (Å²) < 4.78 is 5.36. The smallest absolute Gasteiger partial charge is 0.258 e. The van der Waals surface area contributed by atoms with Crippen LogP contribution in [0.25, 0.3) is 22.8 Å². The third kappa shape index (κ3) is 2.98. The number of rotatable bonds is 3. The number of hydrogen-bond donors (Lipinski definition) is 0. The molecule has 0 unspecified atom stereocenters. The van der Waals surface area contributed by atoms with Gasteiger partial charge < -0.3 is 4.52 Å². The second kappa shape index (κ2) is 6.18. The SMILES string of the molecule is Clc1ccc(-c2noc(-c3ccccc3CBr)n2)c(Cl)c1. The largest absolute Gasteiger partial charge is 0.334 e. The van der Waals surface area contributed by atoms with Crippen LogP contribution in [0.1, 0.15) is 5.56 Å². The molecule has 0 aliphatic heterocycles. The summed E-state index contributed by atoms with van der Waals surface area (Å²) in [7, 11) is 0. The van der Waals surface area contributed by atoms with Crippen molar-refractivity contribution in [2.45, 2.75) is 5.33 Å². The Hall–Kier alpha value is -1.36. The molecule has 0 aliphatic rings. The van der Waals surface area contributed by atoms with Gasteiger partial charge in [0, 0.05) is 21.5 Å². The van der Waals surface area contributed by atoms with Crippen LogP contribution in [0.5, 0.6) is 0 Å². The van der Waals surface area contributed by atoms with Gasteiger partial charge in [-0.1, -0.05) is 62.5 Å². The van der Waals surface area contributed by atoms with Crippen LogP contribution in [0.2, 0.25) is 10.0 Å². The Morgan fingerprint density at radius 3 is 2.62 bits per heavy atom. The predicted molar refractivity (Wildman–Crippen MR) is 87.8 cm³/mol. The molecule has 106 valence electrons. The van der Waals surface area contributed by atoms with E-state index in [9.17, 15) is 0 Å². The average molecular weight is 384 g/mol. The van der Waals surface area contributed by atoms with Crippen molar-refractivity contribution in [2.24, 2.45) is 0 Å². The molecule has 1 heterocycles. The molecule has 0 aliphatic carbocycles.